The molecule has 0 aromatic heterocycles. The number of aliphatic hydroxyl groups is 1. The molecule has 0 heterocycles. The van der Waals surface area contributed by atoms with E-state index in [1.807, 2.05) is 24.3 Å². The molecule has 9 heteroatoms. The SMILES string of the molecule is CC/C=C\C/C=C\C(/C=C\CCCCCC(=O)NCC(=O)NC(CO)C(=O)O)OC(=O)CCCCCCC/C=C\CCC. The summed E-state index contributed by atoms with van der Waals surface area (Å²) in [6.07, 6.45) is 30.6. The van der Waals surface area contributed by atoms with Gasteiger partial charge in [-0.3, -0.25) is 14.4 Å². The molecular weight excluding hydrogens is 548 g/mol. The minimum atomic E-state index is -1.39. The van der Waals surface area contributed by atoms with Crippen molar-refractivity contribution in [3.63, 3.8) is 0 Å². The quantitative estimate of drug-likeness (QED) is 0.0505. The number of esters is 1. The molecule has 0 aliphatic rings. The number of carbonyl (C=O) groups excluding carboxylic acids is 3. The Morgan fingerprint density at radius 1 is 0.721 bits per heavy atom. The Morgan fingerprint density at radius 2 is 1.35 bits per heavy atom. The first-order valence-electron chi connectivity index (χ1n) is 16.1. The number of rotatable bonds is 27. The number of allylic oxidation sites excluding steroid dienone is 6. The summed E-state index contributed by atoms with van der Waals surface area (Å²) in [7, 11) is 0. The van der Waals surface area contributed by atoms with E-state index in [2.05, 4.69) is 48.8 Å². The molecule has 43 heavy (non-hydrogen) atoms. The van der Waals surface area contributed by atoms with Gasteiger partial charge in [0.05, 0.1) is 13.2 Å². The van der Waals surface area contributed by atoms with Gasteiger partial charge in [0.15, 0.2) is 0 Å². The fourth-order valence-electron chi connectivity index (χ4n) is 4.02. The molecule has 0 aliphatic carbocycles. The predicted octanol–water partition coefficient (Wildman–Crippen LogP) is 6.08. The fourth-order valence-corrected chi connectivity index (χ4v) is 4.02. The number of aliphatic hydroxyl groups excluding tert-OH is 1. The lowest BCUT2D eigenvalue weighted by molar-refractivity contribution is -0.145. The Kier molecular flexibility index (Phi) is 26.7. The van der Waals surface area contributed by atoms with Gasteiger partial charge in [0, 0.05) is 12.8 Å². The molecule has 0 fully saturated rings. The summed E-state index contributed by atoms with van der Waals surface area (Å²) in [6.45, 7) is 3.20. The van der Waals surface area contributed by atoms with E-state index in [-0.39, 0.29) is 24.8 Å². The minimum absolute atomic E-state index is 0.180. The van der Waals surface area contributed by atoms with Crippen LogP contribution in [0, 0.1) is 0 Å². The van der Waals surface area contributed by atoms with Gasteiger partial charge in [0.2, 0.25) is 11.8 Å². The first-order chi connectivity index (χ1) is 20.8. The molecule has 2 amide bonds. The molecule has 0 saturated carbocycles. The molecule has 0 radical (unpaired) electrons. The van der Waals surface area contributed by atoms with Gasteiger partial charge < -0.3 is 25.6 Å². The number of hydrogen-bond donors (Lipinski definition) is 4. The summed E-state index contributed by atoms with van der Waals surface area (Å²) in [5, 5.41) is 22.3. The number of ether oxygens (including phenoxy) is 1. The molecule has 0 bridgehead atoms. The van der Waals surface area contributed by atoms with Crippen molar-refractivity contribution in [3.05, 3.63) is 48.6 Å². The van der Waals surface area contributed by atoms with Crippen molar-refractivity contribution in [1.82, 2.24) is 10.6 Å². The highest BCUT2D eigenvalue weighted by Gasteiger charge is 2.18. The van der Waals surface area contributed by atoms with Crippen molar-refractivity contribution < 1.29 is 34.1 Å². The summed E-state index contributed by atoms with van der Waals surface area (Å²) >= 11 is 0. The lowest BCUT2D eigenvalue weighted by atomic mass is 10.1. The zero-order valence-electron chi connectivity index (χ0n) is 26.4. The van der Waals surface area contributed by atoms with Crippen molar-refractivity contribution in [2.75, 3.05) is 13.2 Å². The maximum absolute atomic E-state index is 12.4. The Bertz CT molecular complexity index is 880. The average molecular weight is 605 g/mol. The molecular formula is C34H56N2O7. The number of carboxylic acid groups (broad SMARTS) is 1. The second-order valence-electron chi connectivity index (χ2n) is 10.5. The van der Waals surface area contributed by atoms with Crippen molar-refractivity contribution in [3.8, 4) is 0 Å². The first kappa shape index (κ1) is 39.8. The smallest absolute Gasteiger partial charge is 0.328 e. The highest BCUT2D eigenvalue weighted by molar-refractivity contribution is 5.87. The summed E-state index contributed by atoms with van der Waals surface area (Å²) in [4.78, 5) is 46.9. The highest BCUT2D eigenvalue weighted by atomic mass is 16.5. The van der Waals surface area contributed by atoms with Gasteiger partial charge in [0.1, 0.15) is 12.1 Å². The fraction of sp³-hybridized carbons (Fsp3) is 0.647. The van der Waals surface area contributed by atoms with E-state index in [1.54, 1.807) is 0 Å². The first-order valence-corrected chi connectivity index (χ1v) is 16.1. The standard InChI is InChI=1S/C34H56N2O7/c1-3-5-7-9-10-11-12-13-18-22-26-33(40)43-29(23-19-15-8-6-4-2)24-20-16-14-17-21-25-31(38)35-27-32(39)36-30(28-37)34(41)42/h6-9,19-20,23-24,29-30,37H,3-5,10-18,21-22,25-28H2,1-2H3,(H,35,38)(H,36,39)(H,41,42)/b8-6-,9-7-,23-19-,24-20-. The number of hydrogen-bond acceptors (Lipinski definition) is 6. The van der Waals surface area contributed by atoms with Gasteiger partial charge in [-0.15, -0.1) is 0 Å². The van der Waals surface area contributed by atoms with Crippen LogP contribution in [0.3, 0.4) is 0 Å². The zero-order chi connectivity index (χ0) is 32.0. The summed E-state index contributed by atoms with van der Waals surface area (Å²) < 4.78 is 5.71. The van der Waals surface area contributed by atoms with Gasteiger partial charge >= 0.3 is 11.9 Å². The summed E-state index contributed by atoms with van der Waals surface area (Å²) in [6, 6.07) is -1.39. The molecule has 0 aromatic carbocycles. The van der Waals surface area contributed by atoms with Crippen LogP contribution < -0.4 is 10.6 Å². The van der Waals surface area contributed by atoms with Crippen molar-refractivity contribution >= 4 is 23.8 Å². The third-order valence-electron chi connectivity index (χ3n) is 6.50. The molecule has 0 saturated heterocycles. The van der Waals surface area contributed by atoms with Crippen molar-refractivity contribution in [1.29, 1.82) is 0 Å². The summed E-state index contributed by atoms with van der Waals surface area (Å²) in [5.41, 5.74) is 0. The third-order valence-corrected chi connectivity index (χ3v) is 6.50. The number of aliphatic carboxylic acids is 1. The number of unbranched alkanes of at least 4 members (excludes halogenated alkanes) is 9. The number of amides is 2. The molecule has 4 N–H and O–H groups in total. The van der Waals surface area contributed by atoms with Crippen LogP contribution in [0.15, 0.2) is 48.6 Å². The van der Waals surface area contributed by atoms with Crippen LogP contribution >= 0.6 is 0 Å². The predicted molar refractivity (Wildman–Crippen MR) is 171 cm³/mol. The van der Waals surface area contributed by atoms with E-state index in [9.17, 15) is 19.2 Å². The van der Waals surface area contributed by atoms with Crippen LogP contribution in [0.4, 0.5) is 0 Å². The van der Waals surface area contributed by atoms with E-state index in [0.29, 0.717) is 12.8 Å². The Labute approximate surface area is 258 Å². The van der Waals surface area contributed by atoms with Crippen LogP contribution in [0.1, 0.15) is 117 Å². The molecule has 2 atom stereocenters. The normalized spacial score (nSPS) is 13.2. The van der Waals surface area contributed by atoms with E-state index < -0.39 is 30.6 Å². The van der Waals surface area contributed by atoms with Gasteiger partial charge in [-0.1, -0.05) is 82.4 Å². The maximum Gasteiger partial charge on any atom is 0.328 e. The van der Waals surface area contributed by atoms with E-state index in [4.69, 9.17) is 14.9 Å². The van der Waals surface area contributed by atoms with Gasteiger partial charge in [0.25, 0.3) is 0 Å². The molecule has 9 nitrogen and oxygen atoms in total. The third kappa shape index (κ3) is 26.2. The van der Waals surface area contributed by atoms with Crippen LogP contribution in [0.25, 0.3) is 0 Å². The molecule has 2 unspecified atom stereocenters. The van der Waals surface area contributed by atoms with Gasteiger partial charge in [-0.05, 0) is 69.9 Å². The number of carbonyl (C=O) groups is 4. The number of nitrogens with one attached hydrogen (secondary N) is 2. The molecule has 0 rings (SSSR count). The summed E-state index contributed by atoms with van der Waals surface area (Å²) in [5.74, 6) is -2.49. The van der Waals surface area contributed by atoms with Crippen LogP contribution in [-0.2, 0) is 23.9 Å². The average Bonchev–Trinajstić information content (AvgIpc) is 2.98. The van der Waals surface area contributed by atoms with Crippen molar-refractivity contribution in [2.24, 2.45) is 0 Å². The maximum atomic E-state index is 12.4. The Hall–Kier alpha value is -3.20. The topological polar surface area (TPSA) is 142 Å². The number of carboxylic acids is 1. The minimum Gasteiger partial charge on any atom is -0.480 e. The molecule has 244 valence electrons. The van der Waals surface area contributed by atoms with Crippen molar-refractivity contribution in [2.45, 2.75) is 129 Å². The van der Waals surface area contributed by atoms with E-state index in [1.165, 1.54) is 19.3 Å². The van der Waals surface area contributed by atoms with Crippen LogP contribution in [0.2, 0.25) is 0 Å². The molecule has 0 aromatic rings. The van der Waals surface area contributed by atoms with E-state index in [0.717, 1.165) is 64.2 Å². The second-order valence-corrected chi connectivity index (χ2v) is 10.5. The van der Waals surface area contributed by atoms with Crippen LogP contribution in [-0.4, -0.2) is 59.3 Å². The van der Waals surface area contributed by atoms with Gasteiger partial charge in [-0.25, -0.2) is 4.79 Å². The second kappa shape index (κ2) is 28.9. The monoisotopic (exact) mass is 604 g/mol. The highest BCUT2D eigenvalue weighted by Crippen LogP contribution is 2.11. The van der Waals surface area contributed by atoms with Gasteiger partial charge in [-0.2, -0.15) is 0 Å². The lowest BCUT2D eigenvalue weighted by Crippen LogP contribution is -2.47. The Balaban J connectivity index is 4.32. The lowest BCUT2D eigenvalue weighted by Gasteiger charge is -2.12. The molecule has 0 aliphatic heterocycles. The largest absolute Gasteiger partial charge is 0.480 e. The van der Waals surface area contributed by atoms with Crippen LogP contribution in [0.5, 0.6) is 0 Å². The van der Waals surface area contributed by atoms with E-state index >= 15 is 0 Å². The zero-order valence-corrected chi connectivity index (χ0v) is 26.4. The molecule has 0 spiro atoms. The Morgan fingerprint density at radius 3 is 2.05 bits per heavy atom.